The van der Waals surface area contributed by atoms with Gasteiger partial charge in [0.15, 0.2) is 5.75 Å². The van der Waals surface area contributed by atoms with E-state index in [1.165, 1.54) is 6.07 Å². The van der Waals surface area contributed by atoms with Crippen LogP contribution in [0.3, 0.4) is 0 Å². The van der Waals surface area contributed by atoms with E-state index < -0.39 is 15.9 Å². The lowest BCUT2D eigenvalue weighted by atomic mass is 10.3. The summed E-state index contributed by atoms with van der Waals surface area (Å²) < 4.78 is 42.2. The van der Waals surface area contributed by atoms with E-state index in [9.17, 15) is 12.8 Å². The molecule has 0 spiro atoms. The maximum absolute atomic E-state index is 12.9. The Bertz CT molecular complexity index is 719. The summed E-state index contributed by atoms with van der Waals surface area (Å²) >= 11 is 8.85. The van der Waals surface area contributed by atoms with Gasteiger partial charge in [-0.25, -0.2) is 4.39 Å². The number of benzene rings is 2. The normalized spacial score (nSPS) is 11.3. The van der Waals surface area contributed by atoms with Crippen molar-refractivity contribution in [3.8, 4) is 5.75 Å². The molecule has 19 heavy (non-hydrogen) atoms. The monoisotopic (exact) mass is 364 g/mol. The third kappa shape index (κ3) is 3.26. The van der Waals surface area contributed by atoms with Gasteiger partial charge in [0.05, 0.1) is 5.02 Å². The lowest BCUT2D eigenvalue weighted by Crippen LogP contribution is -2.10. The molecular formula is C12H7BrClFO3S. The van der Waals surface area contributed by atoms with E-state index in [-0.39, 0.29) is 15.7 Å². The van der Waals surface area contributed by atoms with Gasteiger partial charge in [-0.3, -0.25) is 0 Å². The van der Waals surface area contributed by atoms with E-state index in [2.05, 4.69) is 15.9 Å². The second-order valence-electron chi connectivity index (χ2n) is 3.54. The number of halogens is 3. The predicted molar refractivity (Wildman–Crippen MR) is 73.4 cm³/mol. The zero-order chi connectivity index (χ0) is 14.0. The van der Waals surface area contributed by atoms with Crippen LogP contribution in [0.15, 0.2) is 51.8 Å². The highest BCUT2D eigenvalue weighted by Crippen LogP contribution is 2.30. The van der Waals surface area contributed by atoms with Gasteiger partial charge in [-0.05, 0) is 46.3 Å². The Labute approximate surface area is 123 Å². The van der Waals surface area contributed by atoms with E-state index in [4.69, 9.17) is 15.8 Å². The molecule has 0 aromatic heterocycles. The maximum Gasteiger partial charge on any atom is 0.340 e. The summed E-state index contributed by atoms with van der Waals surface area (Å²) in [5.74, 6) is -0.700. The van der Waals surface area contributed by atoms with Gasteiger partial charge < -0.3 is 4.18 Å². The highest BCUT2D eigenvalue weighted by atomic mass is 79.9. The van der Waals surface area contributed by atoms with Gasteiger partial charge in [-0.15, -0.1) is 0 Å². The van der Waals surface area contributed by atoms with Crippen LogP contribution in [0.2, 0.25) is 5.02 Å². The molecule has 2 aromatic rings. The van der Waals surface area contributed by atoms with E-state index in [0.29, 0.717) is 4.47 Å². The van der Waals surface area contributed by atoms with Crippen LogP contribution in [0.1, 0.15) is 0 Å². The lowest BCUT2D eigenvalue weighted by Gasteiger charge is -2.09. The number of hydrogen-bond donors (Lipinski definition) is 0. The first-order chi connectivity index (χ1) is 8.90. The molecule has 0 fully saturated rings. The molecule has 0 bridgehead atoms. The topological polar surface area (TPSA) is 43.4 Å². The second kappa shape index (κ2) is 5.48. The van der Waals surface area contributed by atoms with Crippen LogP contribution in [0.4, 0.5) is 4.39 Å². The van der Waals surface area contributed by atoms with Crippen molar-refractivity contribution in [2.45, 2.75) is 4.90 Å². The van der Waals surface area contributed by atoms with Gasteiger partial charge in [-0.1, -0.05) is 23.7 Å². The van der Waals surface area contributed by atoms with Crippen LogP contribution < -0.4 is 4.18 Å². The molecule has 0 atom stereocenters. The Hall–Kier alpha value is -1.11. The van der Waals surface area contributed by atoms with E-state index in [1.807, 2.05) is 0 Å². The molecule has 0 unspecified atom stereocenters. The highest BCUT2D eigenvalue weighted by molar-refractivity contribution is 9.10. The second-order valence-corrected chi connectivity index (χ2v) is 6.32. The molecule has 0 N–H and O–H groups in total. The minimum absolute atomic E-state index is 0.0320. The fourth-order valence-corrected chi connectivity index (χ4v) is 3.51. The molecule has 0 saturated carbocycles. The number of rotatable bonds is 3. The smallest absolute Gasteiger partial charge is 0.340 e. The summed E-state index contributed by atoms with van der Waals surface area (Å²) in [6.45, 7) is 0. The molecule has 0 amide bonds. The van der Waals surface area contributed by atoms with E-state index >= 15 is 0 Å². The van der Waals surface area contributed by atoms with Gasteiger partial charge >= 0.3 is 10.1 Å². The fraction of sp³-hybridized carbons (Fsp3) is 0. The summed E-state index contributed by atoms with van der Waals surface area (Å²) in [6, 6.07) is 9.40. The Morgan fingerprint density at radius 2 is 1.84 bits per heavy atom. The average Bonchev–Trinajstić information content (AvgIpc) is 2.33. The minimum Gasteiger partial charge on any atom is -0.377 e. The molecule has 2 rings (SSSR count). The van der Waals surface area contributed by atoms with Crippen molar-refractivity contribution in [2.75, 3.05) is 0 Å². The zero-order valence-electron chi connectivity index (χ0n) is 9.31. The molecule has 0 saturated heterocycles. The highest BCUT2D eigenvalue weighted by Gasteiger charge is 2.20. The third-order valence-electron chi connectivity index (χ3n) is 2.20. The van der Waals surface area contributed by atoms with Crippen molar-refractivity contribution >= 4 is 37.6 Å². The van der Waals surface area contributed by atoms with Crippen LogP contribution in [-0.4, -0.2) is 8.42 Å². The zero-order valence-corrected chi connectivity index (χ0v) is 12.5. The summed E-state index contributed by atoms with van der Waals surface area (Å²) in [7, 11) is -4.03. The van der Waals surface area contributed by atoms with Gasteiger partial charge in [0.2, 0.25) is 0 Å². The molecule has 0 heterocycles. The maximum atomic E-state index is 12.9. The first-order valence-electron chi connectivity index (χ1n) is 5.04. The first-order valence-corrected chi connectivity index (χ1v) is 7.62. The Balaban J connectivity index is 2.40. The molecule has 3 nitrogen and oxygen atoms in total. The molecule has 2 aromatic carbocycles. The molecule has 7 heteroatoms. The van der Waals surface area contributed by atoms with Crippen molar-refractivity contribution in [3.05, 3.63) is 57.8 Å². The van der Waals surface area contributed by atoms with Gasteiger partial charge in [-0.2, -0.15) is 8.42 Å². The molecule has 0 aliphatic rings. The van der Waals surface area contributed by atoms with Crippen LogP contribution in [-0.2, 0) is 10.1 Å². The fourth-order valence-electron chi connectivity index (χ4n) is 1.35. The van der Waals surface area contributed by atoms with Crippen LogP contribution >= 0.6 is 27.5 Å². The van der Waals surface area contributed by atoms with Crippen LogP contribution in [0, 0.1) is 5.82 Å². The minimum atomic E-state index is -4.03. The Morgan fingerprint density at radius 1 is 1.16 bits per heavy atom. The number of hydrogen-bond acceptors (Lipinski definition) is 3. The molecule has 0 radical (unpaired) electrons. The largest absolute Gasteiger partial charge is 0.377 e. The van der Waals surface area contributed by atoms with E-state index in [1.54, 1.807) is 18.2 Å². The van der Waals surface area contributed by atoms with Crippen molar-refractivity contribution < 1.29 is 17.0 Å². The van der Waals surface area contributed by atoms with Crippen molar-refractivity contribution in [1.82, 2.24) is 0 Å². The quantitative estimate of drug-likeness (QED) is 0.772. The van der Waals surface area contributed by atoms with E-state index in [0.717, 1.165) is 18.2 Å². The van der Waals surface area contributed by atoms with Crippen molar-refractivity contribution in [2.24, 2.45) is 0 Å². The van der Waals surface area contributed by atoms with Gasteiger partial charge in [0, 0.05) is 4.47 Å². The Kier molecular flexibility index (Phi) is 4.13. The van der Waals surface area contributed by atoms with Crippen LogP contribution in [0.5, 0.6) is 5.75 Å². The van der Waals surface area contributed by atoms with Gasteiger partial charge in [0.1, 0.15) is 10.7 Å². The molecule has 0 aliphatic heterocycles. The third-order valence-corrected chi connectivity index (χ3v) is 4.74. The van der Waals surface area contributed by atoms with Crippen molar-refractivity contribution in [1.29, 1.82) is 0 Å². The predicted octanol–water partition coefficient (Wildman–Crippen LogP) is 4.01. The molecule has 0 aliphatic carbocycles. The van der Waals surface area contributed by atoms with Gasteiger partial charge in [0.25, 0.3) is 0 Å². The van der Waals surface area contributed by atoms with Crippen LogP contribution in [0.25, 0.3) is 0 Å². The summed E-state index contributed by atoms with van der Waals surface area (Å²) in [6.07, 6.45) is 0. The standard InChI is InChI=1S/C12H7BrClFO3S/c13-9-3-1-2-4-12(9)19(16,17)18-11-6-5-8(15)7-10(11)14/h1-7H. The SMILES string of the molecule is O=S(=O)(Oc1ccc(F)cc1Cl)c1ccccc1Br. The average molecular weight is 366 g/mol. The molecule has 100 valence electrons. The lowest BCUT2D eigenvalue weighted by molar-refractivity contribution is 0.484. The molecular weight excluding hydrogens is 359 g/mol. The first kappa shape index (κ1) is 14.3. The summed E-state index contributed by atoms with van der Waals surface area (Å²) in [5.41, 5.74) is 0. The summed E-state index contributed by atoms with van der Waals surface area (Å²) in [5, 5.41) is -0.115. The Morgan fingerprint density at radius 3 is 2.47 bits per heavy atom. The summed E-state index contributed by atoms with van der Waals surface area (Å²) in [4.78, 5) is -0.0320. The van der Waals surface area contributed by atoms with Crippen molar-refractivity contribution in [3.63, 3.8) is 0 Å².